The zero-order valence-corrected chi connectivity index (χ0v) is 7.38. The zero-order chi connectivity index (χ0) is 8.55. The minimum absolute atomic E-state index is 0.517. The number of imidazole rings is 1. The second-order valence-corrected chi connectivity index (χ2v) is 3.31. The van der Waals surface area contributed by atoms with Crippen LogP contribution in [0.3, 0.4) is 0 Å². The van der Waals surface area contributed by atoms with E-state index >= 15 is 0 Å². The van der Waals surface area contributed by atoms with Crippen molar-refractivity contribution in [3.63, 3.8) is 0 Å². The molecule has 0 spiro atoms. The van der Waals surface area contributed by atoms with Gasteiger partial charge in [0.2, 0.25) is 0 Å². The van der Waals surface area contributed by atoms with Crippen LogP contribution in [-0.4, -0.2) is 14.5 Å². The van der Waals surface area contributed by atoms with Crippen molar-refractivity contribution in [2.24, 2.45) is 0 Å². The first-order valence-corrected chi connectivity index (χ1v) is 4.35. The molecule has 2 rings (SSSR count). The van der Waals surface area contributed by atoms with Gasteiger partial charge in [-0.1, -0.05) is 0 Å². The van der Waals surface area contributed by atoms with Crippen LogP contribution < -0.4 is 5.73 Å². The maximum Gasteiger partial charge on any atom is 0.195 e. The van der Waals surface area contributed by atoms with E-state index in [0.717, 1.165) is 10.8 Å². The molecule has 0 aromatic carbocycles. The molecule has 4 nitrogen and oxygen atoms in total. The second-order valence-electron chi connectivity index (χ2n) is 2.48. The van der Waals surface area contributed by atoms with Gasteiger partial charge in [0.25, 0.3) is 0 Å². The molecule has 0 saturated heterocycles. The first kappa shape index (κ1) is 7.30. The minimum Gasteiger partial charge on any atom is -0.382 e. The zero-order valence-electron chi connectivity index (χ0n) is 6.56. The van der Waals surface area contributed by atoms with E-state index in [1.807, 2.05) is 16.9 Å². The lowest BCUT2D eigenvalue weighted by molar-refractivity contribution is 1.02. The van der Waals surface area contributed by atoms with Gasteiger partial charge >= 0.3 is 0 Å². The van der Waals surface area contributed by atoms with Gasteiger partial charge in [-0.05, 0) is 6.92 Å². The quantitative estimate of drug-likeness (QED) is 0.717. The number of nitrogen functional groups attached to an aromatic ring is 1. The predicted octanol–water partition coefficient (Wildman–Crippen LogP) is 1.22. The van der Waals surface area contributed by atoms with Crippen molar-refractivity contribution in [1.29, 1.82) is 0 Å². The number of aryl methyl sites for hydroxylation is 1. The Bertz CT molecular complexity index is 351. The molecule has 0 amide bonds. The van der Waals surface area contributed by atoms with E-state index in [1.54, 1.807) is 23.9 Å². The SMILES string of the molecule is Cc1csc(-n2cnc(N)c2)n1. The standard InChI is InChI=1S/C7H8N4S/c1-5-3-12-7(10-5)11-2-6(8)9-4-11/h2-4H,8H2,1H3. The second kappa shape index (κ2) is 2.60. The molecule has 0 atom stereocenters. The lowest BCUT2D eigenvalue weighted by Crippen LogP contribution is -1.88. The number of nitrogens with two attached hydrogens (primary N) is 1. The van der Waals surface area contributed by atoms with E-state index in [0.29, 0.717) is 5.82 Å². The Kier molecular flexibility index (Phi) is 1.58. The smallest absolute Gasteiger partial charge is 0.195 e. The van der Waals surface area contributed by atoms with Gasteiger partial charge in [-0.15, -0.1) is 11.3 Å². The van der Waals surface area contributed by atoms with Crippen LogP contribution in [0.2, 0.25) is 0 Å². The molecule has 2 N–H and O–H groups in total. The average molecular weight is 180 g/mol. The minimum atomic E-state index is 0.517. The normalized spacial score (nSPS) is 10.4. The average Bonchev–Trinajstić information content (AvgIpc) is 2.58. The van der Waals surface area contributed by atoms with Crippen molar-refractivity contribution in [1.82, 2.24) is 14.5 Å². The summed E-state index contributed by atoms with van der Waals surface area (Å²) >= 11 is 1.57. The molecular weight excluding hydrogens is 172 g/mol. The van der Waals surface area contributed by atoms with E-state index in [9.17, 15) is 0 Å². The molecule has 0 fully saturated rings. The van der Waals surface area contributed by atoms with Gasteiger partial charge in [0.15, 0.2) is 5.13 Å². The Morgan fingerprint density at radius 1 is 1.58 bits per heavy atom. The topological polar surface area (TPSA) is 56.7 Å². The van der Waals surface area contributed by atoms with Crippen molar-refractivity contribution in [3.05, 3.63) is 23.6 Å². The lowest BCUT2D eigenvalue weighted by Gasteiger charge is -1.91. The molecule has 0 saturated carbocycles. The fourth-order valence-corrected chi connectivity index (χ4v) is 1.65. The highest BCUT2D eigenvalue weighted by Gasteiger charge is 2.00. The molecule has 12 heavy (non-hydrogen) atoms. The number of hydrogen-bond donors (Lipinski definition) is 1. The molecule has 0 aliphatic carbocycles. The van der Waals surface area contributed by atoms with Crippen molar-refractivity contribution in [2.45, 2.75) is 6.92 Å². The number of hydrogen-bond acceptors (Lipinski definition) is 4. The summed E-state index contributed by atoms with van der Waals surface area (Å²) in [5.74, 6) is 0.517. The van der Waals surface area contributed by atoms with Crippen LogP contribution >= 0.6 is 11.3 Å². The summed E-state index contributed by atoms with van der Waals surface area (Å²) in [4.78, 5) is 8.19. The summed E-state index contributed by atoms with van der Waals surface area (Å²) in [6, 6.07) is 0. The number of thiazole rings is 1. The highest BCUT2D eigenvalue weighted by Crippen LogP contribution is 2.14. The van der Waals surface area contributed by atoms with Crippen LogP contribution in [-0.2, 0) is 0 Å². The van der Waals surface area contributed by atoms with Gasteiger partial charge in [-0.2, -0.15) is 0 Å². The van der Waals surface area contributed by atoms with Crippen LogP contribution in [0.5, 0.6) is 0 Å². The molecule has 0 aliphatic heterocycles. The van der Waals surface area contributed by atoms with Gasteiger partial charge in [0, 0.05) is 5.38 Å². The van der Waals surface area contributed by atoms with E-state index in [1.165, 1.54) is 0 Å². The first-order valence-electron chi connectivity index (χ1n) is 3.47. The molecule has 2 aromatic heterocycles. The molecular formula is C7H8N4S. The van der Waals surface area contributed by atoms with Gasteiger partial charge in [-0.3, -0.25) is 4.57 Å². The van der Waals surface area contributed by atoms with Gasteiger partial charge in [-0.25, -0.2) is 9.97 Å². The molecule has 0 aliphatic rings. The Hall–Kier alpha value is -1.36. The first-order chi connectivity index (χ1) is 5.75. The van der Waals surface area contributed by atoms with E-state index in [-0.39, 0.29) is 0 Å². The fraction of sp³-hybridized carbons (Fsp3) is 0.143. The lowest BCUT2D eigenvalue weighted by atomic mass is 10.6. The maximum atomic E-state index is 5.47. The molecule has 0 bridgehead atoms. The maximum absolute atomic E-state index is 5.47. The number of aromatic nitrogens is 3. The van der Waals surface area contributed by atoms with Crippen LogP contribution in [0, 0.1) is 6.92 Å². The number of rotatable bonds is 1. The summed E-state index contributed by atoms with van der Waals surface area (Å²) in [6.07, 6.45) is 3.41. The van der Waals surface area contributed by atoms with Crippen LogP contribution in [0.25, 0.3) is 5.13 Å². The third kappa shape index (κ3) is 1.18. The summed E-state index contributed by atoms with van der Waals surface area (Å²) < 4.78 is 1.81. The fourth-order valence-electron chi connectivity index (χ4n) is 0.903. The molecule has 2 heterocycles. The molecule has 0 unspecified atom stereocenters. The largest absolute Gasteiger partial charge is 0.382 e. The molecule has 2 aromatic rings. The van der Waals surface area contributed by atoms with Crippen LogP contribution in [0.1, 0.15) is 5.69 Å². The monoisotopic (exact) mass is 180 g/mol. The Morgan fingerprint density at radius 3 is 2.92 bits per heavy atom. The Labute approximate surface area is 73.7 Å². The number of nitrogens with zero attached hydrogens (tertiary/aromatic N) is 3. The molecule has 0 radical (unpaired) electrons. The van der Waals surface area contributed by atoms with Crippen LogP contribution in [0.15, 0.2) is 17.9 Å². The molecule has 62 valence electrons. The van der Waals surface area contributed by atoms with Crippen molar-refractivity contribution >= 4 is 17.2 Å². The van der Waals surface area contributed by atoms with E-state index in [2.05, 4.69) is 9.97 Å². The molecule has 5 heteroatoms. The van der Waals surface area contributed by atoms with Crippen molar-refractivity contribution in [2.75, 3.05) is 5.73 Å². The van der Waals surface area contributed by atoms with E-state index in [4.69, 9.17) is 5.73 Å². The van der Waals surface area contributed by atoms with Crippen molar-refractivity contribution < 1.29 is 0 Å². The third-order valence-corrected chi connectivity index (χ3v) is 2.40. The summed E-state index contributed by atoms with van der Waals surface area (Å²) in [6.45, 7) is 1.96. The van der Waals surface area contributed by atoms with Gasteiger partial charge < -0.3 is 5.73 Å². The predicted molar refractivity (Wildman–Crippen MR) is 48.4 cm³/mol. The van der Waals surface area contributed by atoms with Gasteiger partial charge in [0.1, 0.15) is 12.1 Å². The number of anilines is 1. The Morgan fingerprint density at radius 2 is 2.42 bits per heavy atom. The highest BCUT2D eigenvalue weighted by molar-refractivity contribution is 7.12. The van der Waals surface area contributed by atoms with Gasteiger partial charge in [0.05, 0.1) is 11.9 Å². The third-order valence-electron chi connectivity index (χ3n) is 1.43. The summed E-state index contributed by atoms with van der Waals surface area (Å²) in [5, 5.41) is 2.89. The van der Waals surface area contributed by atoms with E-state index < -0.39 is 0 Å². The van der Waals surface area contributed by atoms with Crippen LogP contribution in [0.4, 0.5) is 5.82 Å². The Balaban J connectivity index is 2.43. The summed E-state index contributed by atoms with van der Waals surface area (Å²) in [5.41, 5.74) is 6.48. The van der Waals surface area contributed by atoms with Crippen molar-refractivity contribution in [3.8, 4) is 5.13 Å². The summed E-state index contributed by atoms with van der Waals surface area (Å²) in [7, 11) is 0. The highest BCUT2D eigenvalue weighted by atomic mass is 32.1.